The molecule has 0 fully saturated rings. The second-order valence-corrected chi connectivity index (χ2v) is 5.25. The minimum Gasteiger partial charge on any atom is -0.312 e. The number of nitrogens with one attached hydrogen (secondary N) is 1. The summed E-state index contributed by atoms with van der Waals surface area (Å²) in [5, 5.41) is 3.43. The van der Waals surface area contributed by atoms with Crippen molar-refractivity contribution in [2.45, 2.75) is 32.9 Å². The average molecular weight is 234 g/mol. The van der Waals surface area contributed by atoms with Gasteiger partial charge in [0.15, 0.2) is 0 Å². The smallest absolute Gasteiger partial charge is 0.0472 e. The predicted octanol–water partition coefficient (Wildman–Crippen LogP) is 2.92. The van der Waals surface area contributed by atoms with Crippen LogP contribution in [0.2, 0.25) is 0 Å². The van der Waals surface area contributed by atoms with Crippen LogP contribution in [0.1, 0.15) is 32.4 Å². The molecule has 1 aromatic carbocycles. The lowest BCUT2D eigenvalue weighted by Gasteiger charge is -2.33. The number of benzene rings is 1. The van der Waals surface area contributed by atoms with E-state index in [2.05, 4.69) is 68.4 Å². The van der Waals surface area contributed by atoms with Crippen LogP contribution < -0.4 is 5.32 Å². The Labute approximate surface area is 106 Å². The van der Waals surface area contributed by atoms with Gasteiger partial charge in [-0.1, -0.05) is 44.2 Å². The highest BCUT2D eigenvalue weighted by molar-refractivity contribution is 5.20. The maximum Gasteiger partial charge on any atom is 0.0472 e. The second-order valence-electron chi connectivity index (χ2n) is 5.25. The van der Waals surface area contributed by atoms with Crippen molar-refractivity contribution in [1.82, 2.24) is 10.2 Å². The molecule has 0 aliphatic heterocycles. The predicted molar refractivity (Wildman–Crippen MR) is 75.2 cm³/mol. The quantitative estimate of drug-likeness (QED) is 0.814. The molecule has 0 aliphatic carbocycles. The first kappa shape index (κ1) is 14.2. The van der Waals surface area contributed by atoms with Gasteiger partial charge in [0.25, 0.3) is 0 Å². The Hall–Kier alpha value is -0.860. The van der Waals surface area contributed by atoms with Crippen molar-refractivity contribution < 1.29 is 0 Å². The van der Waals surface area contributed by atoms with Crippen molar-refractivity contribution in [3.05, 3.63) is 35.9 Å². The summed E-state index contributed by atoms with van der Waals surface area (Å²) in [5.74, 6) is 0.704. The Morgan fingerprint density at radius 3 is 2.18 bits per heavy atom. The second kappa shape index (κ2) is 6.77. The van der Waals surface area contributed by atoms with Crippen LogP contribution in [0, 0.1) is 5.92 Å². The molecule has 0 aliphatic rings. The van der Waals surface area contributed by atoms with Crippen LogP contribution in [-0.2, 0) is 0 Å². The summed E-state index contributed by atoms with van der Waals surface area (Å²) in [5.41, 5.74) is 1.36. The molecule has 1 aromatic rings. The van der Waals surface area contributed by atoms with E-state index in [-0.39, 0.29) is 0 Å². The van der Waals surface area contributed by atoms with E-state index < -0.39 is 0 Å². The fraction of sp³-hybridized carbons (Fsp3) is 0.600. The van der Waals surface area contributed by atoms with E-state index in [1.807, 2.05) is 7.05 Å². The standard InChI is InChI=1S/C15H26N2/c1-12(2)11-17(5)13(3)15(16-4)14-9-7-6-8-10-14/h6-10,12-13,15-16H,11H2,1-5H3. The van der Waals surface area contributed by atoms with E-state index >= 15 is 0 Å². The minimum absolute atomic E-state index is 0.389. The molecule has 0 spiro atoms. The van der Waals surface area contributed by atoms with Crippen LogP contribution in [0.15, 0.2) is 30.3 Å². The van der Waals surface area contributed by atoms with Gasteiger partial charge in [-0.3, -0.25) is 0 Å². The van der Waals surface area contributed by atoms with Gasteiger partial charge in [0.1, 0.15) is 0 Å². The molecule has 2 nitrogen and oxygen atoms in total. The molecule has 0 saturated heterocycles. The molecule has 17 heavy (non-hydrogen) atoms. The molecule has 0 radical (unpaired) electrons. The van der Waals surface area contributed by atoms with Gasteiger partial charge in [-0.2, -0.15) is 0 Å². The van der Waals surface area contributed by atoms with Gasteiger partial charge < -0.3 is 10.2 Å². The van der Waals surface area contributed by atoms with Gasteiger partial charge >= 0.3 is 0 Å². The average Bonchev–Trinajstić information content (AvgIpc) is 2.30. The SMILES string of the molecule is CNC(c1ccccc1)C(C)N(C)CC(C)C. The topological polar surface area (TPSA) is 15.3 Å². The molecule has 0 bridgehead atoms. The summed E-state index contributed by atoms with van der Waals surface area (Å²) in [6.45, 7) is 7.95. The normalized spacial score (nSPS) is 15.2. The van der Waals surface area contributed by atoms with E-state index in [1.54, 1.807) is 0 Å². The van der Waals surface area contributed by atoms with Crippen molar-refractivity contribution in [3.63, 3.8) is 0 Å². The highest BCUT2D eigenvalue weighted by Crippen LogP contribution is 2.20. The van der Waals surface area contributed by atoms with E-state index in [4.69, 9.17) is 0 Å². The van der Waals surface area contributed by atoms with Gasteiger partial charge in [-0.15, -0.1) is 0 Å². The van der Waals surface area contributed by atoms with Crippen LogP contribution in [-0.4, -0.2) is 31.6 Å². The minimum atomic E-state index is 0.389. The number of likely N-dealkylation sites (N-methyl/N-ethyl adjacent to an activating group) is 2. The summed E-state index contributed by atoms with van der Waals surface area (Å²) < 4.78 is 0. The van der Waals surface area contributed by atoms with Crippen LogP contribution in [0.25, 0.3) is 0 Å². The zero-order valence-corrected chi connectivity index (χ0v) is 11.8. The number of hydrogen-bond acceptors (Lipinski definition) is 2. The van der Waals surface area contributed by atoms with Crippen LogP contribution in [0.5, 0.6) is 0 Å². The Kier molecular flexibility index (Phi) is 5.66. The van der Waals surface area contributed by atoms with Crippen LogP contribution >= 0.6 is 0 Å². The van der Waals surface area contributed by atoms with E-state index in [0.717, 1.165) is 6.54 Å². The lowest BCUT2D eigenvalue weighted by Crippen LogP contribution is -2.41. The molecular formula is C15H26N2. The third-order valence-corrected chi connectivity index (χ3v) is 3.30. The largest absolute Gasteiger partial charge is 0.312 e. The number of hydrogen-bond donors (Lipinski definition) is 1. The van der Waals surface area contributed by atoms with Gasteiger partial charge in [-0.05, 0) is 32.5 Å². The van der Waals surface area contributed by atoms with Gasteiger partial charge in [-0.25, -0.2) is 0 Å². The fourth-order valence-electron chi connectivity index (χ4n) is 2.34. The Balaban J connectivity index is 2.74. The molecule has 1 N–H and O–H groups in total. The van der Waals surface area contributed by atoms with Crippen molar-refractivity contribution in [3.8, 4) is 0 Å². The molecular weight excluding hydrogens is 208 g/mol. The first-order chi connectivity index (χ1) is 8.06. The number of rotatable bonds is 6. The summed E-state index contributed by atoms with van der Waals surface area (Å²) in [6, 6.07) is 11.6. The van der Waals surface area contributed by atoms with E-state index in [1.165, 1.54) is 5.56 Å². The Bertz CT molecular complexity index is 308. The molecule has 0 aromatic heterocycles. The van der Waals surface area contributed by atoms with Crippen molar-refractivity contribution in [1.29, 1.82) is 0 Å². The lowest BCUT2D eigenvalue weighted by atomic mass is 9.99. The molecule has 2 unspecified atom stereocenters. The Morgan fingerprint density at radius 2 is 1.71 bits per heavy atom. The summed E-state index contributed by atoms with van der Waals surface area (Å²) in [6.07, 6.45) is 0. The summed E-state index contributed by atoms with van der Waals surface area (Å²) in [7, 11) is 4.25. The monoisotopic (exact) mass is 234 g/mol. The highest BCUT2D eigenvalue weighted by Gasteiger charge is 2.21. The zero-order chi connectivity index (χ0) is 12.8. The van der Waals surface area contributed by atoms with Crippen molar-refractivity contribution in [2.24, 2.45) is 5.92 Å². The summed E-state index contributed by atoms with van der Waals surface area (Å²) in [4.78, 5) is 2.43. The molecule has 2 heteroatoms. The van der Waals surface area contributed by atoms with Crippen LogP contribution in [0.3, 0.4) is 0 Å². The van der Waals surface area contributed by atoms with Gasteiger partial charge in [0.05, 0.1) is 0 Å². The third kappa shape index (κ3) is 4.14. The maximum absolute atomic E-state index is 3.43. The fourth-order valence-corrected chi connectivity index (χ4v) is 2.34. The third-order valence-electron chi connectivity index (χ3n) is 3.30. The first-order valence-electron chi connectivity index (χ1n) is 6.48. The van der Waals surface area contributed by atoms with Crippen molar-refractivity contribution in [2.75, 3.05) is 20.6 Å². The van der Waals surface area contributed by atoms with Crippen molar-refractivity contribution >= 4 is 0 Å². The Morgan fingerprint density at radius 1 is 1.12 bits per heavy atom. The van der Waals surface area contributed by atoms with Gasteiger partial charge in [0.2, 0.25) is 0 Å². The molecule has 1 rings (SSSR count). The highest BCUT2D eigenvalue weighted by atomic mass is 15.2. The molecule has 0 saturated carbocycles. The van der Waals surface area contributed by atoms with E-state index in [0.29, 0.717) is 18.0 Å². The zero-order valence-electron chi connectivity index (χ0n) is 11.8. The number of nitrogens with zero attached hydrogens (tertiary/aromatic N) is 1. The van der Waals surface area contributed by atoms with E-state index in [9.17, 15) is 0 Å². The lowest BCUT2D eigenvalue weighted by molar-refractivity contribution is 0.192. The van der Waals surface area contributed by atoms with Crippen LogP contribution in [0.4, 0.5) is 0 Å². The van der Waals surface area contributed by atoms with Gasteiger partial charge in [0, 0.05) is 18.6 Å². The summed E-state index contributed by atoms with van der Waals surface area (Å²) >= 11 is 0. The maximum atomic E-state index is 3.43. The molecule has 2 atom stereocenters. The first-order valence-corrected chi connectivity index (χ1v) is 6.48. The molecule has 0 amide bonds. The molecule has 0 heterocycles. The molecule has 96 valence electrons.